The molecule has 112 valence electrons. The second kappa shape index (κ2) is 7.19. The number of hydrogen-bond acceptors (Lipinski definition) is 2. The van der Waals surface area contributed by atoms with Crippen molar-refractivity contribution in [1.29, 1.82) is 0 Å². The zero-order valence-electron chi connectivity index (χ0n) is 12.4. The molecule has 0 atom stereocenters. The van der Waals surface area contributed by atoms with E-state index in [-0.39, 0.29) is 0 Å². The third-order valence-corrected chi connectivity index (χ3v) is 4.38. The Morgan fingerprint density at radius 1 is 1.14 bits per heavy atom. The lowest BCUT2D eigenvalue weighted by atomic mass is 10.0. The van der Waals surface area contributed by atoms with Crippen LogP contribution in [0, 0.1) is 13.8 Å². The van der Waals surface area contributed by atoms with E-state index in [0.29, 0.717) is 23.1 Å². The number of ether oxygens (including phenoxy) is 2. The Labute approximate surface area is 139 Å². The lowest BCUT2D eigenvalue weighted by Crippen LogP contribution is -2.02. The van der Waals surface area contributed by atoms with Gasteiger partial charge in [-0.3, -0.25) is 0 Å². The van der Waals surface area contributed by atoms with Crippen molar-refractivity contribution in [1.82, 2.24) is 0 Å². The molecule has 0 saturated heterocycles. The standard InChI is InChI=1S/C17H18BrClO2/c1-11-5-4-6-12(2)14(11)10-21-17-15(19)7-13(9-18)8-16(17)20-3/h4-8H,9-10H2,1-3H3. The van der Waals surface area contributed by atoms with Gasteiger partial charge in [-0.25, -0.2) is 0 Å². The van der Waals surface area contributed by atoms with Gasteiger partial charge in [-0.05, 0) is 48.2 Å². The summed E-state index contributed by atoms with van der Waals surface area (Å²) >= 11 is 9.73. The summed E-state index contributed by atoms with van der Waals surface area (Å²) in [5.74, 6) is 1.25. The maximum atomic E-state index is 6.31. The summed E-state index contributed by atoms with van der Waals surface area (Å²) in [6.07, 6.45) is 0. The monoisotopic (exact) mass is 368 g/mol. The van der Waals surface area contributed by atoms with Crippen LogP contribution in [0.15, 0.2) is 30.3 Å². The molecule has 0 fully saturated rings. The smallest absolute Gasteiger partial charge is 0.180 e. The first kappa shape index (κ1) is 16.2. The Hall–Kier alpha value is -1.19. The van der Waals surface area contributed by atoms with Crippen LogP contribution in [0.3, 0.4) is 0 Å². The number of benzene rings is 2. The van der Waals surface area contributed by atoms with Crippen LogP contribution in [0.25, 0.3) is 0 Å². The summed E-state index contributed by atoms with van der Waals surface area (Å²) in [5.41, 5.74) is 4.65. The van der Waals surface area contributed by atoms with E-state index in [1.807, 2.05) is 18.2 Å². The second-order valence-electron chi connectivity index (χ2n) is 4.90. The van der Waals surface area contributed by atoms with Crippen LogP contribution >= 0.6 is 27.5 Å². The Bertz CT molecular complexity index is 621. The van der Waals surface area contributed by atoms with Crippen molar-refractivity contribution in [3.63, 3.8) is 0 Å². The summed E-state index contributed by atoms with van der Waals surface area (Å²) in [6.45, 7) is 4.64. The molecule has 0 unspecified atom stereocenters. The third kappa shape index (κ3) is 3.72. The number of methoxy groups -OCH3 is 1. The Balaban J connectivity index is 2.28. The van der Waals surface area contributed by atoms with Crippen LogP contribution in [0.5, 0.6) is 11.5 Å². The lowest BCUT2D eigenvalue weighted by molar-refractivity contribution is 0.283. The first-order valence-corrected chi connectivity index (χ1v) is 8.17. The summed E-state index contributed by atoms with van der Waals surface area (Å²) in [6, 6.07) is 10.0. The van der Waals surface area contributed by atoms with Crippen LogP contribution in [0.1, 0.15) is 22.3 Å². The summed E-state index contributed by atoms with van der Waals surface area (Å²) in [5, 5.41) is 1.29. The van der Waals surface area contributed by atoms with Crippen molar-refractivity contribution in [2.45, 2.75) is 25.8 Å². The highest BCUT2D eigenvalue weighted by Gasteiger charge is 2.13. The average molecular weight is 370 g/mol. The van der Waals surface area contributed by atoms with E-state index in [4.69, 9.17) is 21.1 Å². The predicted molar refractivity (Wildman–Crippen MR) is 90.9 cm³/mol. The van der Waals surface area contributed by atoms with Gasteiger partial charge in [0.1, 0.15) is 6.61 Å². The molecule has 21 heavy (non-hydrogen) atoms. The molecule has 2 aromatic carbocycles. The molecule has 0 aliphatic rings. The van der Waals surface area contributed by atoms with Gasteiger partial charge in [-0.1, -0.05) is 45.7 Å². The van der Waals surface area contributed by atoms with Gasteiger partial charge in [0.25, 0.3) is 0 Å². The molecule has 0 spiro atoms. The Kier molecular flexibility index (Phi) is 5.54. The highest BCUT2D eigenvalue weighted by atomic mass is 79.9. The minimum Gasteiger partial charge on any atom is -0.493 e. The van der Waals surface area contributed by atoms with Gasteiger partial charge >= 0.3 is 0 Å². The quantitative estimate of drug-likeness (QED) is 0.653. The maximum Gasteiger partial charge on any atom is 0.180 e. The molecule has 0 heterocycles. The van der Waals surface area contributed by atoms with Crippen LogP contribution in [0.2, 0.25) is 5.02 Å². The maximum absolute atomic E-state index is 6.31. The van der Waals surface area contributed by atoms with E-state index in [9.17, 15) is 0 Å². The molecule has 2 nitrogen and oxygen atoms in total. The van der Waals surface area contributed by atoms with Crippen LogP contribution in [-0.2, 0) is 11.9 Å². The van der Waals surface area contributed by atoms with Crippen molar-refractivity contribution in [3.8, 4) is 11.5 Å². The molecule has 0 saturated carbocycles. The van der Waals surface area contributed by atoms with Gasteiger partial charge in [-0.2, -0.15) is 0 Å². The summed E-state index contributed by atoms with van der Waals surface area (Å²) in [7, 11) is 1.62. The fraction of sp³-hybridized carbons (Fsp3) is 0.294. The molecular weight excluding hydrogens is 352 g/mol. The molecule has 0 radical (unpaired) electrons. The van der Waals surface area contributed by atoms with Gasteiger partial charge < -0.3 is 9.47 Å². The van der Waals surface area contributed by atoms with Gasteiger partial charge in [0.15, 0.2) is 11.5 Å². The second-order valence-corrected chi connectivity index (χ2v) is 5.87. The zero-order valence-corrected chi connectivity index (χ0v) is 14.7. The van der Waals surface area contributed by atoms with E-state index >= 15 is 0 Å². The number of aryl methyl sites for hydroxylation is 2. The first-order chi connectivity index (χ1) is 10.1. The zero-order chi connectivity index (χ0) is 15.4. The highest BCUT2D eigenvalue weighted by Crippen LogP contribution is 2.37. The number of alkyl halides is 1. The van der Waals surface area contributed by atoms with Gasteiger partial charge in [0.2, 0.25) is 0 Å². The fourth-order valence-corrected chi connectivity index (χ4v) is 2.82. The largest absolute Gasteiger partial charge is 0.493 e. The highest BCUT2D eigenvalue weighted by molar-refractivity contribution is 9.08. The van der Waals surface area contributed by atoms with Crippen molar-refractivity contribution < 1.29 is 9.47 Å². The van der Waals surface area contributed by atoms with E-state index in [0.717, 1.165) is 10.9 Å². The van der Waals surface area contributed by atoms with E-state index < -0.39 is 0 Å². The molecule has 0 aromatic heterocycles. The van der Waals surface area contributed by atoms with E-state index in [1.165, 1.54) is 16.7 Å². The molecule has 2 rings (SSSR count). The fourth-order valence-electron chi connectivity index (χ4n) is 2.21. The van der Waals surface area contributed by atoms with Crippen molar-refractivity contribution >= 4 is 27.5 Å². The minimum atomic E-state index is 0.474. The Morgan fingerprint density at radius 3 is 2.38 bits per heavy atom. The number of hydrogen-bond donors (Lipinski definition) is 0. The predicted octanol–water partition coefficient (Wildman–Crippen LogP) is 5.44. The van der Waals surface area contributed by atoms with Gasteiger partial charge in [0.05, 0.1) is 12.1 Å². The normalized spacial score (nSPS) is 10.5. The molecule has 0 aliphatic heterocycles. The topological polar surface area (TPSA) is 18.5 Å². The minimum absolute atomic E-state index is 0.474. The molecular formula is C17H18BrClO2. The van der Waals surface area contributed by atoms with Crippen molar-refractivity contribution in [2.24, 2.45) is 0 Å². The summed E-state index contributed by atoms with van der Waals surface area (Å²) in [4.78, 5) is 0. The lowest BCUT2D eigenvalue weighted by Gasteiger charge is -2.15. The number of halogens is 2. The van der Waals surface area contributed by atoms with Gasteiger partial charge in [0, 0.05) is 5.33 Å². The third-order valence-electron chi connectivity index (χ3n) is 3.45. The molecule has 2 aromatic rings. The first-order valence-electron chi connectivity index (χ1n) is 6.67. The van der Waals surface area contributed by atoms with E-state index in [2.05, 4.69) is 41.9 Å². The average Bonchev–Trinajstić information content (AvgIpc) is 2.47. The molecule has 4 heteroatoms. The van der Waals surface area contributed by atoms with Crippen molar-refractivity contribution in [3.05, 3.63) is 57.6 Å². The molecule has 0 amide bonds. The molecule has 0 aliphatic carbocycles. The van der Waals surface area contributed by atoms with Crippen LogP contribution in [0.4, 0.5) is 0 Å². The summed E-state index contributed by atoms with van der Waals surface area (Å²) < 4.78 is 11.3. The molecule has 0 bridgehead atoms. The van der Waals surface area contributed by atoms with E-state index in [1.54, 1.807) is 7.11 Å². The van der Waals surface area contributed by atoms with Crippen LogP contribution < -0.4 is 9.47 Å². The molecule has 0 N–H and O–H groups in total. The van der Waals surface area contributed by atoms with Crippen LogP contribution in [-0.4, -0.2) is 7.11 Å². The van der Waals surface area contributed by atoms with Crippen molar-refractivity contribution in [2.75, 3.05) is 7.11 Å². The Morgan fingerprint density at radius 2 is 1.81 bits per heavy atom. The SMILES string of the molecule is COc1cc(CBr)cc(Cl)c1OCc1c(C)cccc1C. The van der Waals surface area contributed by atoms with Gasteiger partial charge in [-0.15, -0.1) is 0 Å². The number of rotatable bonds is 5.